The molecule has 0 saturated heterocycles. The van der Waals surface area contributed by atoms with Crippen LogP contribution in [0.3, 0.4) is 0 Å². The summed E-state index contributed by atoms with van der Waals surface area (Å²) in [5, 5.41) is 3.04. The Hall–Kier alpha value is -2.40. The number of pyridine rings is 1. The Labute approximate surface area is 167 Å². The van der Waals surface area contributed by atoms with Crippen LogP contribution in [0.5, 0.6) is 5.75 Å². The summed E-state index contributed by atoms with van der Waals surface area (Å²) in [6.45, 7) is 5.80. The number of rotatable bonds is 8. The van der Waals surface area contributed by atoms with Crippen molar-refractivity contribution in [3.8, 4) is 5.75 Å². The van der Waals surface area contributed by atoms with Gasteiger partial charge in [0.1, 0.15) is 5.75 Å². The topological polar surface area (TPSA) is 54.5 Å². The van der Waals surface area contributed by atoms with Crippen molar-refractivity contribution >= 4 is 5.91 Å². The number of benzene rings is 1. The van der Waals surface area contributed by atoms with E-state index in [-0.39, 0.29) is 5.91 Å². The van der Waals surface area contributed by atoms with Gasteiger partial charge in [-0.25, -0.2) is 0 Å². The fourth-order valence-corrected chi connectivity index (χ4v) is 3.67. The van der Waals surface area contributed by atoms with Crippen molar-refractivity contribution < 1.29 is 9.53 Å². The number of hydrogen-bond donors (Lipinski definition) is 1. The zero-order valence-electron chi connectivity index (χ0n) is 17.0. The third-order valence-corrected chi connectivity index (χ3v) is 5.68. The lowest BCUT2D eigenvalue weighted by atomic mass is 10.1. The summed E-state index contributed by atoms with van der Waals surface area (Å²) in [6, 6.07) is 9.04. The number of aryl methyl sites for hydroxylation is 1. The molecule has 5 nitrogen and oxygen atoms in total. The fraction of sp³-hybridized carbons (Fsp3) is 0.478. The predicted octanol–water partition coefficient (Wildman–Crippen LogP) is 3.76. The molecule has 2 aromatic rings. The van der Waals surface area contributed by atoms with Gasteiger partial charge in [0.15, 0.2) is 0 Å². The Morgan fingerprint density at radius 3 is 2.46 bits per heavy atom. The number of nitrogens with zero attached hydrogens (tertiary/aromatic N) is 2. The molecule has 0 atom stereocenters. The number of amides is 1. The van der Waals surface area contributed by atoms with Gasteiger partial charge in [-0.1, -0.05) is 12.1 Å². The van der Waals surface area contributed by atoms with E-state index >= 15 is 0 Å². The first-order valence-electron chi connectivity index (χ1n) is 10.2. The van der Waals surface area contributed by atoms with Crippen molar-refractivity contribution in [1.82, 2.24) is 15.2 Å². The van der Waals surface area contributed by atoms with Gasteiger partial charge < -0.3 is 10.1 Å². The van der Waals surface area contributed by atoms with E-state index in [1.807, 2.05) is 25.3 Å². The molecule has 0 unspecified atom stereocenters. The lowest BCUT2D eigenvalue weighted by Crippen LogP contribution is -2.27. The van der Waals surface area contributed by atoms with Crippen LogP contribution in [0.15, 0.2) is 30.5 Å². The molecular formula is C23H29N3O2. The Kier molecular flexibility index (Phi) is 5.36. The van der Waals surface area contributed by atoms with Crippen molar-refractivity contribution in [3.63, 3.8) is 0 Å². The standard InChI is InChI=1S/C23H29N3O2/c1-15-12-24-21(16(2)22(15)28-3)14-26(20-10-11-20)13-17-4-6-18(7-5-17)23(27)25-19-8-9-19/h4-7,12,19-20H,8-11,13-14H2,1-3H3,(H,25,27). The van der Waals surface area contributed by atoms with E-state index in [0.717, 1.165) is 54.1 Å². The number of ether oxygens (including phenoxy) is 1. The Balaban J connectivity index is 1.45. The summed E-state index contributed by atoms with van der Waals surface area (Å²) in [5.74, 6) is 0.978. The quantitative estimate of drug-likeness (QED) is 0.759. The van der Waals surface area contributed by atoms with Crippen LogP contribution in [-0.2, 0) is 13.1 Å². The average Bonchev–Trinajstić information content (AvgIpc) is 3.58. The number of hydrogen-bond acceptors (Lipinski definition) is 4. The molecule has 148 valence electrons. The van der Waals surface area contributed by atoms with Gasteiger partial charge in [0.2, 0.25) is 0 Å². The lowest BCUT2D eigenvalue weighted by molar-refractivity contribution is 0.0951. The largest absolute Gasteiger partial charge is 0.496 e. The van der Waals surface area contributed by atoms with Crippen molar-refractivity contribution in [2.75, 3.05) is 7.11 Å². The van der Waals surface area contributed by atoms with E-state index in [9.17, 15) is 4.79 Å². The summed E-state index contributed by atoms with van der Waals surface area (Å²) in [5.41, 5.74) is 5.25. The molecule has 0 bridgehead atoms. The van der Waals surface area contributed by atoms with Gasteiger partial charge in [0.25, 0.3) is 5.91 Å². The predicted molar refractivity (Wildman–Crippen MR) is 109 cm³/mol. The SMILES string of the molecule is COc1c(C)cnc(CN(Cc2ccc(C(=O)NC3CC3)cc2)C2CC2)c1C. The van der Waals surface area contributed by atoms with Gasteiger partial charge in [-0.15, -0.1) is 0 Å². The van der Waals surface area contributed by atoms with E-state index in [2.05, 4.69) is 34.3 Å². The molecule has 2 aliphatic carbocycles. The Morgan fingerprint density at radius 2 is 1.86 bits per heavy atom. The molecule has 1 aromatic heterocycles. The fourth-order valence-electron chi connectivity index (χ4n) is 3.67. The molecule has 1 aromatic carbocycles. The van der Waals surface area contributed by atoms with Crippen LogP contribution >= 0.6 is 0 Å². The zero-order chi connectivity index (χ0) is 19.7. The van der Waals surface area contributed by atoms with Crippen LogP contribution in [-0.4, -0.2) is 35.0 Å². The minimum Gasteiger partial charge on any atom is -0.496 e. The smallest absolute Gasteiger partial charge is 0.251 e. The van der Waals surface area contributed by atoms with E-state index in [1.54, 1.807) is 7.11 Å². The highest BCUT2D eigenvalue weighted by Gasteiger charge is 2.30. The third kappa shape index (κ3) is 4.36. The van der Waals surface area contributed by atoms with Gasteiger partial charge in [-0.05, 0) is 57.2 Å². The summed E-state index contributed by atoms with van der Waals surface area (Å²) in [4.78, 5) is 19.3. The van der Waals surface area contributed by atoms with Crippen molar-refractivity contribution in [3.05, 3.63) is 58.4 Å². The monoisotopic (exact) mass is 379 g/mol. The van der Waals surface area contributed by atoms with Crippen LogP contribution in [0.1, 0.15) is 58.4 Å². The number of carbonyl (C=O) groups is 1. The number of aromatic nitrogens is 1. The van der Waals surface area contributed by atoms with Crippen molar-refractivity contribution in [1.29, 1.82) is 0 Å². The van der Waals surface area contributed by atoms with Crippen LogP contribution < -0.4 is 10.1 Å². The van der Waals surface area contributed by atoms with Gasteiger partial charge in [0.05, 0.1) is 12.8 Å². The van der Waals surface area contributed by atoms with Crippen LogP contribution in [0.25, 0.3) is 0 Å². The average molecular weight is 380 g/mol. The molecule has 28 heavy (non-hydrogen) atoms. The first-order valence-corrected chi connectivity index (χ1v) is 10.2. The van der Waals surface area contributed by atoms with Gasteiger partial charge in [-0.2, -0.15) is 0 Å². The normalized spacial score (nSPS) is 16.3. The first kappa shape index (κ1) is 18.9. The molecule has 1 heterocycles. The Morgan fingerprint density at radius 1 is 1.14 bits per heavy atom. The molecule has 0 radical (unpaired) electrons. The highest BCUT2D eigenvalue weighted by molar-refractivity contribution is 5.94. The maximum Gasteiger partial charge on any atom is 0.251 e. The zero-order valence-corrected chi connectivity index (χ0v) is 17.0. The summed E-state index contributed by atoms with van der Waals surface area (Å²) >= 11 is 0. The molecule has 2 saturated carbocycles. The third-order valence-electron chi connectivity index (χ3n) is 5.68. The van der Waals surface area contributed by atoms with Gasteiger partial charge >= 0.3 is 0 Å². The molecule has 2 aliphatic rings. The molecule has 5 heteroatoms. The number of carbonyl (C=O) groups excluding carboxylic acids is 1. The second kappa shape index (κ2) is 7.92. The molecule has 4 rings (SSSR count). The lowest BCUT2D eigenvalue weighted by Gasteiger charge is -2.23. The van der Waals surface area contributed by atoms with Gasteiger partial charge in [0, 0.05) is 48.1 Å². The van der Waals surface area contributed by atoms with E-state index in [4.69, 9.17) is 4.74 Å². The van der Waals surface area contributed by atoms with Crippen LogP contribution in [0, 0.1) is 13.8 Å². The van der Waals surface area contributed by atoms with E-state index in [1.165, 1.54) is 18.4 Å². The minimum atomic E-state index is 0.0414. The number of nitrogens with one attached hydrogen (secondary N) is 1. The summed E-state index contributed by atoms with van der Waals surface area (Å²) in [6.07, 6.45) is 6.60. The molecular weight excluding hydrogens is 350 g/mol. The van der Waals surface area contributed by atoms with E-state index < -0.39 is 0 Å². The highest BCUT2D eigenvalue weighted by Crippen LogP contribution is 2.32. The first-order chi connectivity index (χ1) is 13.5. The minimum absolute atomic E-state index is 0.0414. The molecule has 0 spiro atoms. The second-order valence-electron chi connectivity index (χ2n) is 8.13. The summed E-state index contributed by atoms with van der Waals surface area (Å²) < 4.78 is 5.56. The highest BCUT2D eigenvalue weighted by atomic mass is 16.5. The molecule has 2 fully saturated rings. The maximum absolute atomic E-state index is 12.2. The second-order valence-corrected chi connectivity index (χ2v) is 8.13. The Bertz CT molecular complexity index is 855. The van der Waals surface area contributed by atoms with Gasteiger partial charge in [-0.3, -0.25) is 14.7 Å². The molecule has 1 N–H and O–H groups in total. The van der Waals surface area contributed by atoms with E-state index in [0.29, 0.717) is 12.1 Å². The van der Waals surface area contributed by atoms with Crippen molar-refractivity contribution in [2.24, 2.45) is 0 Å². The molecule has 1 amide bonds. The van der Waals surface area contributed by atoms with Crippen LogP contribution in [0.4, 0.5) is 0 Å². The summed E-state index contributed by atoms with van der Waals surface area (Å²) in [7, 11) is 1.72. The van der Waals surface area contributed by atoms with Crippen LogP contribution in [0.2, 0.25) is 0 Å². The maximum atomic E-state index is 12.2. The van der Waals surface area contributed by atoms with Crippen molar-refractivity contribution in [2.45, 2.75) is 64.7 Å². The molecule has 0 aliphatic heterocycles. The number of methoxy groups -OCH3 is 1.